The molecule has 0 aliphatic rings. The van der Waals surface area contributed by atoms with E-state index in [0.717, 1.165) is 16.9 Å². The van der Waals surface area contributed by atoms with E-state index in [1.165, 1.54) is 4.90 Å². The summed E-state index contributed by atoms with van der Waals surface area (Å²) in [5.41, 5.74) is 1.74. The molecular formula is C15H19N3O3S. The highest BCUT2D eigenvalue weighted by molar-refractivity contribution is 7.97. The van der Waals surface area contributed by atoms with Crippen LogP contribution in [-0.4, -0.2) is 53.3 Å². The third-order valence-corrected chi connectivity index (χ3v) is 3.70. The Kier molecular flexibility index (Phi) is 5.43. The summed E-state index contributed by atoms with van der Waals surface area (Å²) in [4.78, 5) is 29.4. The summed E-state index contributed by atoms with van der Waals surface area (Å²) in [5.74, 6) is 0.844. The molecule has 2 rings (SSSR count). The molecule has 1 amide bonds. The molecule has 0 spiro atoms. The molecule has 0 bridgehead atoms. The summed E-state index contributed by atoms with van der Waals surface area (Å²) in [7, 11) is 3.24. The molecule has 6 nitrogen and oxygen atoms in total. The molecule has 22 heavy (non-hydrogen) atoms. The minimum absolute atomic E-state index is 0.0527. The van der Waals surface area contributed by atoms with Gasteiger partial charge in [0.2, 0.25) is 0 Å². The van der Waals surface area contributed by atoms with Gasteiger partial charge in [0.15, 0.2) is 6.61 Å². The van der Waals surface area contributed by atoms with E-state index >= 15 is 0 Å². The number of esters is 1. The summed E-state index contributed by atoms with van der Waals surface area (Å²) in [5, 5.41) is 0. The predicted molar refractivity (Wildman–Crippen MR) is 86.6 cm³/mol. The third kappa shape index (κ3) is 3.79. The second-order valence-electron chi connectivity index (χ2n) is 4.98. The molecule has 1 aromatic carbocycles. The number of nitrogens with zero attached hydrogens (tertiary/aromatic N) is 3. The van der Waals surface area contributed by atoms with Crippen LogP contribution in [-0.2, 0) is 26.6 Å². The van der Waals surface area contributed by atoms with Gasteiger partial charge in [-0.25, -0.2) is 4.98 Å². The highest BCUT2D eigenvalue weighted by Crippen LogP contribution is 2.19. The van der Waals surface area contributed by atoms with Gasteiger partial charge in [-0.1, -0.05) is 12.1 Å². The number of aromatic nitrogens is 2. The third-order valence-electron chi connectivity index (χ3n) is 3.15. The van der Waals surface area contributed by atoms with Crippen molar-refractivity contribution in [3.8, 4) is 0 Å². The fourth-order valence-corrected chi connectivity index (χ4v) is 2.47. The van der Waals surface area contributed by atoms with Crippen LogP contribution in [0.25, 0.3) is 11.0 Å². The van der Waals surface area contributed by atoms with Gasteiger partial charge in [0.05, 0.1) is 16.8 Å². The fourth-order valence-electron chi connectivity index (χ4n) is 1.99. The lowest BCUT2D eigenvalue weighted by Crippen LogP contribution is -2.28. The lowest BCUT2D eigenvalue weighted by molar-refractivity contribution is -0.151. The van der Waals surface area contributed by atoms with Crippen LogP contribution in [0.5, 0.6) is 0 Å². The molecular weight excluding hydrogens is 302 g/mol. The summed E-state index contributed by atoms with van der Waals surface area (Å²) in [6.45, 7) is -0.187. The number of imidazole rings is 1. The zero-order chi connectivity index (χ0) is 16.1. The Morgan fingerprint density at radius 1 is 1.32 bits per heavy atom. The van der Waals surface area contributed by atoms with Crippen molar-refractivity contribution in [1.29, 1.82) is 0 Å². The average Bonchev–Trinajstić information content (AvgIpc) is 2.83. The van der Waals surface area contributed by atoms with E-state index in [0.29, 0.717) is 5.75 Å². The Morgan fingerprint density at radius 3 is 2.73 bits per heavy atom. The number of thioether (sulfide) groups is 1. The van der Waals surface area contributed by atoms with Gasteiger partial charge >= 0.3 is 5.97 Å². The van der Waals surface area contributed by atoms with Gasteiger partial charge in [0.25, 0.3) is 5.91 Å². The predicted octanol–water partition coefficient (Wildman–Crippen LogP) is 1.53. The number of carbonyl (C=O) groups is 2. The fraction of sp³-hybridized carbons (Fsp3) is 0.400. The molecule has 0 fully saturated rings. The highest BCUT2D eigenvalue weighted by Gasteiger charge is 2.15. The van der Waals surface area contributed by atoms with Crippen LogP contribution in [0, 0.1) is 0 Å². The molecule has 0 unspecified atom stereocenters. The smallest absolute Gasteiger partial charge is 0.326 e. The molecule has 0 saturated carbocycles. The van der Waals surface area contributed by atoms with Gasteiger partial charge < -0.3 is 14.2 Å². The Balaban J connectivity index is 2.14. The van der Waals surface area contributed by atoms with Gasteiger partial charge in [-0.05, 0) is 18.4 Å². The Morgan fingerprint density at radius 2 is 2.05 bits per heavy atom. The van der Waals surface area contributed by atoms with Crippen molar-refractivity contribution in [3.05, 3.63) is 30.1 Å². The Hall–Kier alpha value is -2.02. The molecule has 2 aromatic rings. The number of benzene rings is 1. The molecule has 0 aliphatic carbocycles. The molecule has 1 aromatic heterocycles. The Labute approximate surface area is 133 Å². The van der Waals surface area contributed by atoms with E-state index in [-0.39, 0.29) is 19.1 Å². The summed E-state index contributed by atoms with van der Waals surface area (Å²) < 4.78 is 6.88. The number of hydrogen-bond donors (Lipinski definition) is 0. The van der Waals surface area contributed by atoms with Crippen molar-refractivity contribution in [1.82, 2.24) is 14.5 Å². The first-order chi connectivity index (χ1) is 10.5. The maximum Gasteiger partial charge on any atom is 0.326 e. The zero-order valence-electron chi connectivity index (χ0n) is 12.9. The standard InChI is InChI=1S/C15H19N3O3S/c1-17(2)14(19)9-21-15(20)8-18-12-7-5-4-6-11(12)16-13(18)10-22-3/h4-7H,8-10H2,1-3H3. The number of amides is 1. The topological polar surface area (TPSA) is 64.4 Å². The number of carbonyl (C=O) groups excluding carboxylic acids is 2. The molecule has 7 heteroatoms. The minimum Gasteiger partial charge on any atom is -0.454 e. The molecule has 0 saturated heterocycles. The van der Waals surface area contributed by atoms with Gasteiger partial charge in [-0.15, -0.1) is 0 Å². The first kappa shape index (κ1) is 16.4. The molecule has 0 radical (unpaired) electrons. The van der Waals surface area contributed by atoms with Gasteiger partial charge in [0, 0.05) is 14.1 Å². The van der Waals surface area contributed by atoms with E-state index in [9.17, 15) is 9.59 Å². The number of para-hydroxylation sites is 2. The van der Waals surface area contributed by atoms with Crippen LogP contribution >= 0.6 is 11.8 Å². The van der Waals surface area contributed by atoms with Crippen molar-refractivity contribution in [2.45, 2.75) is 12.3 Å². The second kappa shape index (κ2) is 7.31. The van der Waals surface area contributed by atoms with E-state index in [4.69, 9.17) is 4.74 Å². The number of likely N-dealkylation sites (N-methyl/N-ethyl adjacent to an activating group) is 1. The van der Waals surface area contributed by atoms with Crippen LogP contribution in [0.4, 0.5) is 0 Å². The molecule has 0 N–H and O–H groups in total. The quantitative estimate of drug-likeness (QED) is 0.755. The average molecular weight is 321 g/mol. The molecule has 0 aliphatic heterocycles. The van der Waals surface area contributed by atoms with Crippen LogP contribution in [0.2, 0.25) is 0 Å². The minimum atomic E-state index is -0.444. The van der Waals surface area contributed by atoms with Crippen molar-refractivity contribution >= 4 is 34.7 Å². The first-order valence-electron chi connectivity index (χ1n) is 6.81. The summed E-state index contributed by atoms with van der Waals surface area (Å²) in [6, 6.07) is 7.65. The van der Waals surface area contributed by atoms with Gasteiger partial charge in [-0.3, -0.25) is 9.59 Å². The monoisotopic (exact) mass is 321 g/mol. The largest absolute Gasteiger partial charge is 0.454 e. The van der Waals surface area contributed by atoms with Crippen molar-refractivity contribution in [2.75, 3.05) is 27.0 Å². The first-order valence-corrected chi connectivity index (χ1v) is 8.21. The Bertz CT molecular complexity index is 682. The lowest BCUT2D eigenvalue weighted by Gasteiger charge is -2.11. The van der Waals surface area contributed by atoms with E-state index in [1.807, 2.05) is 35.1 Å². The normalized spacial score (nSPS) is 10.7. The van der Waals surface area contributed by atoms with Crippen LogP contribution in [0.1, 0.15) is 5.82 Å². The zero-order valence-corrected chi connectivity index (χ0v) is 13.7. The van der Waals surface area contributed by atoms with Gasteiger partial charge in [0.1, 0.15) is 12.4 Å². The molecule has 1 heterocycles. The molecule has 118 valence electrons. The second-order valence-corrected chi connectivity index (χ2v) is 5.85. The summed E-state index contributed by atoms with van der Waals surface area (Å²) >= 11 is 1.64. The van der Waals surface area contributed by atoms with Crippen molar-refractivity contribution in [2.24, 2.45) is 0 Å². The maximum absolute atomic E-state index is 12.0. The van der Waals surface area contributed by atoms with E-state index in [2.05, 4.69) is 4.98 Å². The lowest BCUT2D eigenvalue weighted by atomic mass is 10.3. The number of fused-ring (bicyclic) bond motifs is 1. The molecule has 0 atom stereocenters. The highest BCUT2D eigenvalue weighted by atomic mass is 32.2. The number of rotatable bonds is 6. The van der Waals surface area contributed by atoms with Gasteiger partial charge in [-0.2, -0.15) is 11.8 Å². The van der Waals surface area contributed by atoms with Crippen LogP contribution in [0.3, 0.4) is 0 Å². The van der Waals surface area contributed by atoms with Crippen molar-refractivity contribution in [3.63, 3.8) is 0 Å². The number of ether oxygens (including phenoxy) is 1. The van der Waals surface area contributed by atoms with Crippen LogP contribution in [0.15, 0.2) is 24.3 Å². The van der Waals surface area contributed by atoms with Crippen molar-refractivity contribution < 1.29 is 14.3 Å². The number of hydrogen-bond acceptors (Lipinski definition) is 5. The van der Waals surface area contributed by atoms with E-state index < -0.39 is 5.97 Å². The van der Waals surface area contributed by atoms with E-state index in [1.54, 1.807) is 25.9 Å². The maximum atomic E-state index is 12.0. The van der Waals surface area contributed by atoms with Crippen LogP contribution < -0.4 is 0 Å². The summed E-state index contributed by atoms with van der Waals surface area (Å²) in [6.07, 6.45) is 1.98. The SMILES string of the molecule is CSCc1nc2ccccc2n1CC(=O)OCC(=O)N(C)C.